The number of hydrogen-bond acceptors (Lipinski definition) is 5. The highest BCUT2D eigenvalue weighted by Gasteiger charge is 2.19. The van der Waals surface area contributed by atoms with Gasteiger partial charge in [0.1, 0.15) is 5.69 Å². The first-order valence-electron chi connectivity index (χ1n) is 6.73. The molecule has 1 N–H and O–H groups in total. The zero-order chi connectivity index (χ0) is 14.5. The molecule has 2 rings (SSSR count). The van der Waals surface area contributed by atoms with E-state index in [1.165, 1.54) is 11.3 Å². The highest BCUT2D eigenvalue weighted by atomic mass is 32.1. The molecular formula is C13H19N3O3S. The van der Waals surface area contributed by atoms with E-state index in [1.807, 2.05) is 13.8 Å². The van der Waals surface area contributed by atoms with Crippen LogP contribution in [-0.2, 0) is 4.74 Å². The minimum absolute atomic E-state index is 0.196. The molecule has 0 aliphatic carbocycles. The fraction of sp³-hybridized carbons (Fsp3) is 0.615. The van der Waals surface area contributed by atoms with Crippen molar-refractivity contribution in [2.75, 3.05) is 26.2 Å². The van der Waals surface area contributed by atoms with Gasteiger partial charge in [0.2, 0.25) is 0 Å². The van der Waals surface area contributed by atoms with Crippen LogP contribution >= 0.6 is 11.3 Å². The van der Waals surface area contributed by atoms with Gasteiger partial charge >= 0.3 is 6.09 Å². The summed E-state index contributed by atoms with van der Waals surface area (Å²) in [5, 5.41) is 5.49. The minimum Gasteiger partial charge on any atom is -0.449 e. The van der Waals surface area contributed by atoms with Crippen LogP contribution in [0.3, 0.4) is 0 Å². The Hall–Kier alpha value is -1.63. The summed E-state index contributed by atoms with van der Waals surface area (Å²) in [7, 11) is 0. The quantitative estimate of drug-likeness (QED) is 0.900. The molecular weight excluding hydrogens is 278 g/mol. The largest absolute Gasteiger partial charge is 0.449 e. The number of cyclic esters (lactones) is 1. The third kappa shape index (κ3) is 3.69. The third-order valence-electron chi connectivity index (χ3n) is 2.97. The molecule has 20 heavy (non-hydrogen) atoms. The lowest BCUT2D eigenvalue weighted by atomic mass is 10.2. The van der Waals surface area contributed by atoms with Crippen molar-refractivity contribution in [3.8, 4) is 0 Å². The van der Waals surface area contributed by atoms with E-state index in [9.17, 15) is 9.59 Å². The number of ether oxygens (including phenoxy) is 1. The number of nitrogens with one attached hydrogen (secondary N) is 1. The SMILES string of the molecule is CC(C)c1nc(C(=O)NCCN2CCCOC2=O)cs1. The smallest absolute Gasteiger partial charge is 0.409 e. The van der Waals surface area contributed by atoms with Gasteiger partial charge in [0.25, 0.3) is 5.91 Å². The molecule has 0 radical (unpaired) electrons. The topological polar surface area (TPSA) is 71.5 Å². The van der Waals surface area contributed by atoms with Gasteiger partial charge in [0.15, 0.2) is 0 Å². The Bertz CT molecular complexity index is 487. The Labute approximate surface area is 122 Å². The summed E-state index contributed by atoms with van der Waals surface area (Å²) in [4.78, 5) is 29.2. The molecule has 0 bridgehead atoms. The standard InChI is InChI=1S/C13H19N3O3S/c1-9(2)12-15-10(8-20-12)11(17)14-4-6-16-5-3-7-19-13(16)18/h8-9H,3-7H2,1-2H3,(H,14,17). The second-order valence-corrected chi connectivity index (χ2v) is 5.83. The molecule has 0 saturated carbocycles. The maximum Gasteiger partial charge on any atom is 0.409 e. The van der Waals surface area contributed by atoms with Crippen LogP contribution in [0.5, 0.6) is 0 Å². The van der Waals surface area contributed by atoms with Crippen LogP contribution in [0.25, 0.3) is 0 Å². The summed E-state index contributed by atoms with van der Waals surface area (Å²) in [6.07, 6.45) is 0.532. The Kier molecular flexibility index (Phi) is 4.94. The predicted octanol–water partition coefficient (Wildman–Crippen LogP) is 1.84. The van der Waals surface area contributed by atoms with Gasteiger partial charge in [-0.3, -0.25) is 4.79 Å². The van der Waals surface area contributed by atoms with Crippen LogP contribution in [0.15, 0.2) is 5.38 Å². The first kappa shape index (κ1) is 14.8. The van der Waals surface area contributed by atoms with Crippen LogP contribution < -0.4 is 5.32 Å². The van der Waals surface area contributed by atoms with Gasteiger partial charge in [0, 0.05) is 30.9 Å². The Morgan fingerprint density at radius 2 is 2.40 bits per heavy atom. The first-order chi connectivity index (χ1) is 9.58. The number of amides is 2. The summed E-state index contributed by atoms with van der Waals surface area (Å²) in [5.41, 5.74) is 0.444. The predicted molar refractivity (Wildman–Crippen MR) is 76.1 cm³/mol. The molecule has 1 saturated heterocycles. The second kappa shape index (κ2) is 6.69. The van der Waals surface area contributed by atoms with E-state index < -0.39 is 0 Å². The molecule has 0 atom stereocenters. The summed E-state index contributed by atoms with van der Waals surface area (Å²) >= 11 is 1.49. The van der Waals surface area contributed by atoms with Crippen LogP contribution in [0.1, 0.15) is 41.7 Å². The zero-order valence-electron chi connectivity index (χ0n) is 11.7. The maximum absolute atomic E-state index is 11.9. The van der Waals surface area contributed by atoms with E-state index in [2.05, 4.69) is 10.3 Å². The summed E-state index contributed by atoms with van der Waals surface area (Å²) in [6, 6.07) is 0. The van der Waals surface area contributed by atoms with Gasteiger partial charge in [-0.05, 0) is 6.42 Å². The Morgan fingerprint density at radius 1 is 1.60 bits per heavy atom. The molecule has 0 aromatic carbocycles. The van der Waals surface area contributed by atoms with Crippen molar-refractivity contribution in [3.63, 3.8) is 0 Å². The second-order valence-electron chi connectivity index (χ2n) is 4.94. The van der Waals surface area contributed by atoms with E-state index in [4.69, 9.17) is 4.74 Å². The minimum atomic E-state index is -0.304. The molecule has 0 unspecified atom stereocenters. The van der Waals surface area contributed by atoms with Crippen molar-refractivity contribution in [2.24, 2.45) is 0 Å². The van der Waals surface area contributed by atoms with Crippen LogP contribution in [-0.4, -0.2) is 48.1 Å². The van der Waals surface area contributed by atoms with E-state index in [1.54, 1.807) is 10.3 Å². The zero-order valence-corrected chi connectivity index (χ0v) is 12.5. The van der Waals surface area contributed by atoms with Crippen LogP contribution in [0.2, 0.25) is 0 Å². The monoisotopic (exact) mass is 297 g/mol. The van der Waals surface area contributed by atoms with Gasteiger partial charge < -0.3 is 15.0 Å². The van der Waals surface area contributed by atoms with Crippen molar-refractivity contribution in [2.45, 2.75) is 26.2 Å². The average Bonchev–Trinajstić information content (AvgIpc) is 2.91. The van der Waals surface area contributed by atoms with Crippen LogP contribution in [0, 0.1) is 0 Å². The molecule has 2 heterocycles. The van der Waals surface area contributed by atoms with E-state index in [0.29, 0.717) is 37.9 Å². The molecule has 1 aromatic heterocycles. The molecule has 7 heteroatoms. The van der Waals surface area contributed by atoms with Gasteiger partial charge in [-0.15, -0.1) is 11.3 Å². The number of aromatic nitrogens is 1. The van der Waals surface area contributed by atoms with E-state index >= 15 is 0 Å². The highest BCUT2D eigenvalue weighted by Crippen LogP contribution is 2.18. The van der Waals surface area contributed by atoms with Gasteiger partial charge in [-0.25, -0.2) is 9.78 Å². The average molecular weight is 297 g/mol. The maximum atomic E-state index is 11.9. The number of thiazole rings is 1. The van der Waals surface area contributed by atoms with Gasteiger partial charge in [-0.2, -0.15) is 0 Å². The number of hydrogen-bond donors (Lipinski definition) is 1. The molecule has 1 fully saturated rings. The first-order valence-corrected chi connectivity index (χ1v) is 7.61. The molecule has 1 aromatic rings. The van der Waals surface area contributed by atoms with Gasteiger partial charge in [-0.1, -0.05) is 13.8 Å². The van der Waals surface area contributed by atoms with Crippen molar-refractivity contribution < 1.29 is 14.3 Å². The summed E-state index contributed by atoms with van der Waals surface area (Å²) < 4.78 is 4.93. The molecule has 1 aliphatic heterocycles. The number of rotatable bonds is 5. The number of carbonyl (C=O) groups is 2. The van der Waals surface area contributed by atoms with Crippen molar-refractivity contribution in [1.29, 1.82) is 0 Å². The van der Waals surface area contributed by atoms with Crippen molar-refractivity contribution >= 4 is 23.3 Å². The van der Waals surface area contributed by atoms with Crippen LogP contribution in [0.4, 0.5) is 4.79 Å². The fourth-order valence-corrected chi connectivity index (χ4v) is 2.67. The van der Waals surface area contributed by atoms with E-state index in [-0.39, 0.29) is 12.0 Å². The Balaban J connectivity index is 1.78. The highest BCUT2D eigenvalue weighted by molar-refractivity contribution is 7.09. The third-order valence-corrected chi connectivity index (χ3v) is 4.12. The lowest BCUT2D eigenvalue weighted by molar-refractivity contribution is 0.0719. The Morgan fingerprint density at radius 3 is 3.05 bits per heavy atom. The summed E-state index contributed by atoms with van der Waals surface area (Å²) in [5.74, 6) is 0.128. The molecule has 6 nitrogen and oxygen atoms in total. The van der Waals surface area contributed by atoms with Crippen molar-refractivity contribution in [1.82, 2.24) is 15.2 Å². The molecule has 2 amide bonds. The van der Waals surface area contributed by atoms with Gasteiger partial charge in [0.05, 0.1) is 11.6 Å². The summed E-state index contributed by atoms with van der Waals surface area (Å²) in [6.45, 7) is 6.13. The lowest BCUT2D eigenvalue weighted by Crippen LogP contribution is -2.42. The number of nitrogens with zero attached hydrogens (tertiary/aromatic N) is 2. The normalized spacial score (nSPS) is 15.3. The lowest BCUT2D eigenvalue weighted by Gasteiger charge is -2.26. The van der Waals surface area contributed by atoms with Crippen molar-refractivity contribution in [3.05, 3.63) is 16.1 Å². The molecule has 110 valence electrons. The fourth-order valence-electron chi connectivity index (χ4n) is 1.85. The molecule has 0 spiro atoms. The molecule has 1 aliphatic rings. The van der Waals surface area contributed by atoms with E-state index in [0.717, 1.165) is 11.4 Å². The number of carbonyl (C=O) groups excluding carboxylic acids is 2.